The van der Waals surface area contributed by atoms with Crippen molar-refractivity contribution in [2.75, 3.05) is 11.9 Å². The van der Waals surface area contributed by atoms with Gasteiger partial charge in [-0.05, 0) is 24.0 Å². The lowest BCUT2D eigenvalue weighted by Gasteiger charge is -2.22. The Bertz CT molecular complexity index is 398. The van der Waals surface area contributed by atoms with E-state index >= 15 is 0 Å². The molecule has 0 aromatic heterocycles. The van der Waals surface area contributed by atoms with Gasteiger partial charge in [-0.25, -0.2) is 5.84 Å². The molecule has 0 saturated heterocycles. The van der Waals surface area contributed by atoms with Gasteiger partial charge in [0, 0.05) is 12.2 Å². The van der Waals surface area contributed by atoms with Gasteiger partial charge in [-0.2, -0.15) is 0 Å². The largest absolute Gasteiger partial charge is 0.325 e. The summed E-state index contributed by atoms with van der Waals surface area (Å²) in [6, 6.07) is 9.91. The van der Waals surface area contributed by atoms with Gasteiger partial charge >= 0.3 is 0 Å². The van der Waals surface area contributed by atoms with Crippen molar-refractivity contribution in [3.05, 3.63) is 30.3 Å². The first-order valence-corrected chi connectivity index (χ1v) is 7.40. The molecule has 1 aromatic rings. The van der Waals surface area contributed by atoms with Crippen LogP contribution in [0.5, 0.6) is 0 Å². The third kappa shape index (κ3) is 6.57. The number of nitrogens with zero attached hydrogens (tertiary/aromatic N) is 1. The highest BCUT2D eigenvalue weighted by atomic mass is 15.3. The van der Waals surface area contributed by atoms with Gasteiger partial charge in [0.1, 0.15) is 0 Å². The van der Waals surface area contributed by atoms with Gasteiger partial charge in [-0.1, -0.05) is 58.2 Å². The fraction of sp³-hybridized carbons (Fsp3) is 0.562. The van der Waals surface area contributed by atoms with Crippen LogP contribution in [-0.4, -0.2) is 12.5 Å². The van der Waals surface area contributed by atoms with Crippen LogP contribution in [0.15, 0.2) is 35.3 Å². The number of benzene rings is 1. The molecule has 4 heteroatoms. The van der Waals surface area contributed by atoms with Crippen LogP contribution in [0, 0.1) is 5.41 Å². The first-order chi connectivity index (χ1) is 9.57. The lowest BCUT2D eigenvalue weighted by Crippen LogP contribution is -2.37. The van der Waals surface area contributed by atoms with E-state index in [4.69, 9.17) is 5.84 Å². The molecule has 0 saturated carbocycles. The van der Waals surface area contributed by atoms with Crippen LogP contribution < -0.4 is 16.6 Å². The smallest absolute Gasteiger partial charge is 0.210 e. The maximum atomic E-state index is 5.53. The van der Waals surface area contributed by atoms with Crippen LogP contribution in [0.3, 0.4) is 0 Å². The molecule has 0 aliphatic rings. The van der Waals surface area contributed by atoms with E-state index in [1.54, 1.807) is 0 Å². The summed E-state index contributed by atoms with van der Waals surface area (Å²) in [7, 11) is 0. The van der Waals surface area contributed by atoms with Gasteiger partial charge in [-0.15, -0.1) is 0 Å². The number of guanidine groups is 1. The summed E-state index contributed by atoms with van der Waals surface area (Å²) in [5.41, 5.74) is 3.81. The first kappa shape index (κ1) is 16.5. The summed E-state index contributed by atoms with van der Waals surface area (Å²) in [6.45, 7) is 7.49. The van der Waals surface area contributed by atoms with Gasteiger partial charge in [0.15, 0.2) is 0 Å². The second kappa shape index (κ2) is 8.59. The molecular weight excluding hydrogens is 248 g/mol. The molecule has 0 aliphatic heterocycles. The molecule has 0 fully saturated rings. The molecule has 4 N–H and O–H groups in total. The molecule has 0 aliphatic carbocycles. The third-order valence-electron chi connectivity index (χ3n) is 3.30. The molecule has 0 bridgehead atoms. The molecular formula is C16H28N4. The van der Waals surface area contributed by atoms with Crippen LogP contribution in [0.25, 0.3) is 0 Å². The zero-order chi connectivity index (χ0) is 14.8. The normalized spacial score (nSPS) is 12.3. The van der Waals surface area contributed by atoms with Gasteiger partial charge < -0.3 is 5.32 Å². The Morgan fingerprint density at radius 1 is 1.20 bits per heavy atom. The van der Waals surface area contributed by atoms with Gasteiger partial charge in [0.2, 0.25) is 5.96 Å². The maximum absolute atomic E-state index is 5.53. The molecule has 1 rings (SSSR count). The molecule has 0 amide bonds. The molecule has 4 nitrogen and oxygen atoms in total. The second-order valence-corrected chi connectivity index (χ2v) is 5.92. The van der Waals surface area contributed by atoms with E-state index in [-0.39, 0.29) is 5.41 Å². The molecule has 112 valence electrons. The van der Waals surface area contributed by atoms with E-state index in [0.717, 1.165) is 12.2 Å². The van der Waals surface area contributed by atoms with Crippen molar-refractivity contribution in [2.45, 2.75) is 46.5 Å². The molecule has 1 aromatic carbocycles. The predicted molar refractivity (Wildman–Crippen MR) is 87.6 cm³/mol. The number of hydrazine groups is 1. The average molecular weight is 276 g/mol. The van der Waals surface area contributed by atoms with Gasteiger partial charge in [0.05, 0.1) is 0 Å². The molecule has 0 atom stereocenters. The number of anilines is 1. The average Bonchev–Trinajstić information content (AvgIpc) is 2.44. The molecule has 0 unspecified atom stereocenters. The van der Waals surface area contributed by atoms with Crippen LogP contribution in [0.2, 0.25) is 0 Å². The molecule has 0 spiro atoms. The van der Waals surface area contributed by atoms with Gasteiger partial charge in [0.25, 0.3) is 0 Å². The highest BCUT2D eigenvalue weighted by Gasteiger charge is 2.16. The number of hydrogen-bond donors (Lipinski definition) is 3. The Balaban J connectivity index is 2.52. The highest BCUT2D eigenvalue weighted by Crippen LogP contribution is 2.24. The van der Waals surface area contributed by atoms with E-state index in [2.05, 4.69) is 36.5 Å². The van der Waals surface area contributed by atoms with Crippen LogP contribution >= 0.6 is 0 Å². The number of nitrogens with two attached hydrogens (primary N) is 1. The number of hydrogen-bond acceptors (Lipinski definition) is 2. The number of para-hydroxylation sites is 1. The van der Waals surface area contributed by atoms with E-state index in [9.17, 15) is 0 Å². The Hall–Kier alpha value is -1.55. The van der Waals surface area contributed by atoms with Crippen molar-refractivity contribution >= 4 is 11.6 Å². The Morgan fingerprint density at radius 3 is 2.50 bits per heavy atom. The van der Waals surface area contributed by atoms with Crippen molar-refractivity contribution in [3.63, 3.8) is 0 Å². The fourth-order valence-electron chi connectivity index (χ4n) is 2.01. The minimum atomic E-state index is 0.204. The zero-order valence-corrected chi connectivity index (χ0v) is 12.9. The predicted octanol–water partition coefficient (Wildman–Crippen LogP) is 3.52. The van der Waals surface area contributed by atoms with Crippen molar-refractivity contribution in [3.8, 4) is 0 Å². The Kier molecular flexibility index (Phi) is 7.09. The summed E-state index contributed by atoms with van der Waals surface area (Å²) in [6.07, 6.45) is 4.99. The van der Waals surface area contributed by atoms with Gasteiger partial charge in [-0.3, -0.25) is 10.4 Å². The monoisotopic (exact) mass is 276 g/mol. The first-order valence-electron chi connectivity index (χ1n) is 7.40. The summed E-state index contributed by atoms with van der Waals surface area (Å²) in [5.74, 6) is 6.14. The van der Waals surface area contributed by atoms with E-state index in [1.165, 1.54) is 25.7 Å². The van der Waals surface area contributed by atoms with Crippen LogP contribution in [-0.2, 0) is 0 Å². The Morgan fingerprint density at radius 2 is 1.90 bits per heavy atom. The van der Waals surface area contributed by atoms with Crippen LogP contribution in [0.4, 0.5) is 5.69 Å². The van der Waals surface area contributed by atoms with Crippen molar-refractivity contribution in [1.29, 1.82) is 0 Å². The van der Waals surface area contributed by atoms with Crippen molar-refractivity contribution < 1.29 is 0 Å². The summed E-state index contributed by atoms with van der Waals surface area (Å²) in [5, 5.41) is 3.18. The maximum Gasteiger partial charge on any atom is 0.210 e. The minimum Gasteiger partial charge on any atom is -0.325 e. The van der Waals surface area contributed by atoms with Crippen LogP contribution in [0.1, 0.15) is 46.5 Å². The summed E-state index contributed by atoms with van der Waals surface area (Å²) < 4.78 is 0. The Labute approximate surface area is 122 Å². The lowest BCUT2D eigenvalue weighted by molar-refractivity contribution is 0.333. The third-order valence-corrected chi connectivity index (χ3v) is 3.30. The number of aliphatic imine (C=N–C) groups is 1. The summed E-state index contributed by atoms with van der Waals surface area (Å²) >= 11 is 0. The minimum absolute atomic E-state index is 0.204. The molecule has 0 radical (unpaired) electrons. The lowest BCUT2D eigenvalue weighted by atomic mass is 9.87. The van der Waals surface area contributed by atoms with E-state index < -0.39 is 0 Å². The van der Waals surface area contributed by atoms with E-state index in [1.807, 2.05) is 30.3 Å². The highest BCUT2D eigenvalue weighted by molar-refractivity contribution is 5.93. The number of rotatable bonds is 7. The quantitative estimate of drug-likeness (QED) is 0.235. The topological polar surface area (TPSA) is 62.4 Å². The zero-order valence-electron chi connectivity index (χ0n) is 12.9. The number of unbranched alkanes of at least 4 members (excludes halogenated alkanes) is 2. The molecule has 20 heavy (non-hydrogen) atoms. The SMILES string of the molecule is CCCCCC(C)(C)CN=C(NN)Nc1ccccc1. The van der Waals surface area contributed by atoms with Crippen molar-refractivity contribution in [2.24, 2.45) is 16.3 Å². The number of nitrogens with one attached hydrogen (secondary N) is 2. The standard InChI is InChI=1S/C16H28N4/c1-4-5-9-12-16(2,3)13-18-15(20-17)19-14-10-7-6-8-11-14/h6-8,10-11H,4-5,9,12-13,17H2,1-3H3,(H2,18,19,20). The fourth-order valence-corrected chi connectivity index (χ4v) is 2.01. The molecule has 0 heterocycles. The summed E-state index contributed by atoms with van der Waals surface area (Å²) in [4.78, 5) is 4.56. The second-order valence-electron chi connectivity index (χ2n) is 5.92. The van der Waals surface area contributed by atoms with E-state index in [0.29, 0.717) is 5.96 Å². The van der Waals surface area contributed by atoms with Crippen molar-refractivity contribution in [1.82, 2.24) is 5.43 Å².